The van der Waals surface area contributed by atoms with Crippen LogP contribution >= 0.6 is 0 Å². The van der Waals surface area contributed by atoms with Gasteiger partial charge in [-0.1, -0.05) is 0 Å². The molecule has 19 heavy (non-hydrogen) atoms. The van der Waals surface area contributed by atoms with Gasteiger partial charge in [-0.05, 0) is 44.5 Å². The molecule has 1 fully saturated rings. The number of benzene rings is 1. The molecule has 2 rings (SSSR count). The van der Waals surface area contributed by atoms with Gasteiger partial charge in [0.15, 0.2) is 5.79 Å². The second kappa shape index (κ2) is 5.27. The third-order valence-corrected chi connectivity index (χ3v) is 2.86. The van der Waals surface area contributed by atoms with Crippen molar-refractivity contribution in [1.29, 1.82) is 0 Å². The maximum atomic E-state index is 13.2. The Morgan fingerprint density at radius 3 is 2.79 bits per heavy atom. The van der Waals surface area contributed by atoms with Gasteiger partial charge in [-0.25, -0.2) is 4.39 Å². The molecule has 1 atom stereocenters. The molecular formula is C14H18FNO3. The van der Waals surface area contributed by atoms with Crippen LogP contribution in [0.5, 0.6) is 0 Å². The van der Waals surface area contributed by atoms with E-state index in [1.54, 1.807) is 13.0 Å². The zero-order chi connectivity index (χ0) is 14.0. The van der Waals surface area contributed by atoms with E-state index in [0.717, 1.165) is 0 Å². The molecule has 1 unspecified atom stereocenters. The van der Waals surface area contributed by atoms with Gasteiger partial charge in [0.2, 0.25) is 0 Å². The molecule has 0 aromatic heterocycles. The van der Waals surface area contributed by atoms with Gasteiger partial charge in [-0.3, -0.25) is 4.79 Å². The summed E-state index contributed by atoms with van der Waals surface area (Å²) in [6, 6.07) is 4.25. The molecule has 0 radical (unpaired) electrons. The summed E-state index contributed by atoms with van der Waals surface area (Å²) in [5.41, 5.74) is 1.03. The molecule has 1 saturated heterocycles. The molecule has 1 heterocycles. The highest BCUT2D eigenvalue weighted by Gasteiger charge is 2.32. The lowest BCUT2D eigenvalue weighted by Gasteiger charge is -2.17. The van der Waals surface area contributed by atoms with Gasteiger partial charge < -0.3 is 14.8 Å². The van der Waals surface area contributed by atoms with Crippen molar-refractivity contribution in [2.75, 3.05) is 13.2 Å². The third-order valence-electron chi connectivity index (χ3n) is 2.86. The predicted molar refractivity (Wildman–Crippen MR) is 68.4 cm³/mol. The predicted octanol–water partition coefficient (Wildman–Crippen LogP) is 2.02. The first-order valence-corrected chi connectivity index (χ1v) is 6.23. The van der Waals surface area contributed by atoms with Gasteiger partial charge in [-0.15, -0.1) is 0 Å². The number of halogens is 1. The average molecular weight is 267 g/mol. The van der Waals surface area contributed by atoms with Crippen molar-refractivity contribution in [1.82, 2.24) is 5.32 Å². The summed E-state index contributed by atoms with van der Waals surface area (Å²) in [5.74, 6) is -1.33. The Morgan fingerprint density at radius 2 is 2.21 bits per heavy atom. The van der Waals surface area contributed by atoms with E-state index in [-0.39, 0.29) is 12.0 Å². The van der Waals surface area contributed by atoms with Gasteiger partial charge in [0.05, 0.1) is 6.61 Å². The minimum Gasteiger partial charge on any atom is -0.349 e. The normalized spacial score (nSPS) is 21.4. The molecule has 1 aromatic rings. The lowest BCUT2D eigenvalue weighted by molar-refractivity contribution is -0.137. The van der Waals surface area contributed by atoms with E-state index in [0.29, 0.717) is 24.3 Å². The summed E-state index contributed by atoms with van der Waals surface area (Å²) in [6.45, 7) is 6.18. The average Bonchev–Trinajstić information content (AvgIpc) is 2.64. The second-order valence-corrected chi connectivity index (χ2v) is 5.18. The van der Waals surface area contributed by atoms with Crippen molar-refractivity contribution in [2.45, 2.75) is 32.7 Å². The van der Waals surface area contributed by atoms with E-state index in [4.69, 9.17) is 9.47 Å². The number of amides is 1. The summed E-state index contributed by atoms with van der Waals surface area (Å²) in [4.78, 5) is 11.9. The Bertz CT molecular complexity index is 467. The first kappa shape index (κ1) is 14.0. The van der Waals surface area contributed by atoms with Crippen molar-refractivity contribution < 1.29 is 18.7 Å². The van der Waals surface area contributed by atoms with Crippen LogP contribution in [0.2, 0.25) is 0 Å². The molecule has 0 aliphatic carbocycles. The molecule has 1 aliphatic heterocycles. The van der Waals surface area contributed by atoms with Crippen LogP contribution in [-0.4, -0.2) is 30.9 Å². The largest absolute Gasteiger partial charge is 0.349 e. The Kier molecular flexibility index (Phi) is 3.87. The summed E-state index contributed by atoms with van der Waals surface area (Å²) >= 11 is 0. The van der Waals surface area contributed by atoms with Crippen LogP contribution in [0.3, 0.4) is 0 Å². The van der Waals surface area contributed by atoms with E-state index in [2.05, 4.69) is 5.32 Å². The van der Waals surface area contributed by atoms with E-state index in [1.807, 2.05) is 13.8 Å². The molecular weight excluding hydrogens is 249 g/mol. The standard InChI is InChI=1S/C14H18FNO3/c1-9-4-10(6-11(15)5-9)13(17)16-7-12-8-18-14(2,3)19-12/h4-6,12H,7-8H2,1-3H3,(H,16,17). The minimum absolute atomic E-state index is 0.173. The van der Waals surface area contributed by atoms with Crippen LogP contribution in [0.1, 0.15) is 29.8 Å². The molecule has 0 spiro atoms. The Hall–Kier alpha value is -1.46. The topological polar surface area (TPSA) is 47.6 Å². The Balaban J connectivity index is 1.91. The highest BCUT2D eigenvalue weighted by atomic mass is 19.1. The molecule has 1 aromatic carbocycles. The minimum atomic E-state index is -0.606. The highest BCUT2D eigenvalue weighted by Crippen LogP contribution is 2.21. The number of nitrogens with one attached hydrogen (secondary N) is 1. The summed E-state index contributed by atoms with van der Waals surface area (Å²) in [5, 5.41) is 2.72. The molecule has 1 amide bonds. The number of aryl methyl sites for hydroxylation is 1. The maximum Gasteiger partial charge on any atom is 0.251 e. The van der Waals surface area contributed by atoms with Crippen LogP contribution in [-0.2, 0) is 9.47 Å². The summed E-state index contributed by atoms with van der Waals surface area (Å²) in [6.07, 6.45) is -0.173. The SMILES string of the molecule is Cc1cc(F)cc(C(=O)NCC2COC(C)(C)O2)c1. The number of hydrogen-bond donors (Lipinski definition) is 1. The highest BCUT2D eigenvalue weighted by molar-refractivity contribution is 5.94. The van der Waals surface area contributed by atoms with E-state index >= 15 is 0 Å². The van der Waals surface area contributed by atoms with Crippen LogP contribution in [0.25, 0.3) is 0 Å². The molecule has 1 N–H and O–H groups in total. The zero-order valence-corrected chi connectivity index (χ0v) is 11.3. The Morgan fingerprint density at radius 1 is 1.47 bits per heavy atom. The van der Waals surface area contributed by atoms with Gasteiger partial charge in [0.25, 0.3) is 5.91 Å². The lowest BCUT2D eigenvalue weighted by atomic mass is 10.1. The fourth-order valence-electron chi connectivity index (χ4n) is 2.04. The van der Waals surface area contributed by atoms with Gasteiger partial charge in [0.1, 0.15) is 11.9 Å². The molecule has 0 saturated carbocycles. The molecule has 1 aliphatic rings. The van der Waals surface area contributed by atoms with Crippen molar-refractivity contribution >= 4 is 5.91 Å². The van der Waals surface area contributed by atoms with Crippen molar-refractivity contribution in [3.05, 3.63) is 35.1 Å². The fourth-order valence-corrected chi connectivity index (χ4v) is 2.04. The Labute approximate surface area is 111 Å². The quantitative estimate of drug-likeness (QED) is 0.911. The maximum absolute atomic E-state index is 13.2. The van der Waals surface area contributed by atoms with Crippen molar-refractivity contribution in [3.8, 4) is 0 Å². The molecule has 5 heteroatoms. The van der Waals surface area contributed by atoms with E-state index in [9.17, 15) is 9.18 Å². The summed E-state index contributed by atoms with van der Waals surface area (Å²) in [7, 11) is 0. The van der Waals surface area contributed by atoms with Crippen LogP contribution in [0, 0.1) is 12.7 Å². The fraction of sp³-hybridized carbons (Fsp3) is 0.500. The van der Waals surface area contributed by atoms with E-state index < -0.39 is 11.6 Å². The monoisotopic (exact) mass is 267 g/mol. The number of hydrogen-bond acceptors (Lipinski definition) is 3. The summed E-state index contributed by atoms with van der Waals surface area (Å²) < 4.78 is 24.2. The van der Waals surface area contributed by atoms with Crippen LogP contribution in [0.4, 0.5) is 4.39 Å². The number of carbonyl (C=O) groups excluding carboxylic acids is 1. The van der Waals surface area contributed by atoms with Crippen molar-refractivity contribution in [3.63, 3.8) is 0 Å². The van der Waals surface area contributed by atoms with Crippen molar-refractivity contribution in [2.24, 2.45) is 0 Å². The van der Waals surface area contributed by atoms with Crippen LogP contribution < -0.4 is 5.32 Å². The van der Waals surface area contributed by atoms with Crippen LogP contribution in [0.15, 0.2) is 18.2 Å². The molecule has 0 bridgehead atoms. The van der Waals surface area contributed by atoms with E-state index in [1.165, 1.54) is 12.1 Å². The smallest absolute Gasteiger partial charge is 0.251 e. The zero-order valence-electron chi connectivity index (χ0n) is 11.3. The lowest BCUT2D eigenvalue weighted by Crippen LogP contribution is -2.34. The van der Waals surface area contributed by atoms with Gasteiger partial charge in [0, 0.05) is 12.1 Å². The molecule has 104 valence electrons. The van der Waals surface area contributed by atoms with Gasteiger partial charge in [-0.2, -0.15) is 0 Å². The first-order valence-electron chi connectivity index (χ1n) is 6.23. The number of carbonyl (C=O) groups is 1. The third kappa shape index (κ3) is 3.75. The second-order valence-electron chi connectivity index (χ2n) is 5.18. The molecule has 4 nitrogen and oxygen atoms in total. The van der Waals surface area contributed by atoms with Gasteiger partial charge >= 0.3 is 0 Å². The number of ether oxygens (including phenoxy) is 2. The number of rotatable bonds is 3. The first-order chi connectivity index (χ1) is 8.85.